The molecule has 0 radical (unpaired) electrons. The maximum absolute atomic E-state index is 6.16. The van der Waals surface area contributed by atoms with Crippen molar-refractivity contribution < 1.29 is 23.0 Å². The van der Waals surface area contributed by atoms with Crippen molar-refractivity contribution in [3.8, 4) is 28.9 Å². The lowest BCUT2D eigenvalue weighted by molar-refractivity contribution is 0.173. The fourth-order valence-corrected chi connectivity index (χ4v) is 4.96. The highest BCUT2D eigenvalue weighted by atomic mass is 16.7. The Balaban J connectivity index is 1.00. The van der Waals surface area contributed by atoms with Gasteiger partial charge in [0, 0.05) is 18.5 Å². The summed E-state index contributed by atoms with van der Waals surface area (Å²) in [5.41, 5.74) is 2.10. The minimum absolute atomic E-state index is 0.170. The third kappa shape index (κ3) is 4.65. The number of fused-ring (bicyclic) bond motifs is 2. The molecule has 2 aromatic carbocycles. The maximum Gasteiger partial charge on any atom is 0.283 e. The molecule has 4 aromatic rings. The standard InChI is InChI=1S/C28H31N3O5/c1-18(2)27-29-30-28(36-27)26-16-21-22(5-3-6-23(21)35-26)32-14-4-11-31-12-9-19(10-13-31)20-7-8-24-25(15-20)34-17-33-24/h3,5-8,15-16,18-19H,4,9-14,17H2,1-2H3. The number of rotatable bonds is 8. The van der Waals surface area contributed by atoms with Crippen LogP contribution >= 0.6 is 0 Å². The van der Waals surface area contributed by atoms with Gasteiger partial charge in [-0.05, 0) is 68.1 Å². The summed E-state index contributed by atoms with van der Waals surface area (Å²) in [6.07, 6.45) is 3.29. The second-order valence-corrected chi connectivity index (χ2v) is 9.81. The Hall–Kier alpha value is -3.52. The summed E-state index contributed by atoms with van der Waals surface area (Å²) in [6, 6.07) is 14.1. The molecule has 0 aliphatic carbocycles. The van der Waals surface area contributed by atoms with E-state index in [1.807, 2.05) is 44.2 Å². The Kier molecular flexibility index (Phi) is 6.27. The van der Waals surface area contributed by atoms with Crippen molar-refractivity contribution in [2.75, 3.05) is 33.0 Å². The minimum atomic E-state index is 0.170. The van der Waals surface area contributed by atoms with Crippen molar-refractivity contribution in [3.63, 3.8) is 0 Å². The van der Waals surface area contributed by atoms with Gasteiger partial charge in [-0.25, -0.2) is 0 Å². The molecule has 0 unspecified atom stereocenters. The molecule has 0 atom stereocenters. The molecule has 8 heteroatoms. The average molecular weight is 490 g/mol. The molecule has 188 valence electrons. The van der Waals surface area contributed by atoms with Crippen molar-refractivity contribution in [1.82, 2.24) is 15.1 Å². The number of furan rings is 1. The first-order valence-electron chi connectivity index (χ1n) is 12.7. The molecule has 2 aliphatic rings. The second kappa shape index (κ2) is 9.85. The van der Waals surface area contributed by atoms with Gasteiger partial charge in [-0.1, -0.05) is 26.0 Å². The largest absolute Gasteiger partial charge is 0.493 e. The van der Waals surface area contributed by atoms with Crippen molar-refractivity contribution >= 4 is 11.0 Å². The number of aromatic nitrogens is 2. The van der Waals surface area contributed by atoms with E-state index in [0.717, 1.165) is 67.1 Å². The number of piperidine rings is 1. The first kappa shape index (κ1) is 22.9. The van der Waals surface area contributed by atoms with Crippen LogP contribution in [0.25, 0.3) is 22.6 Å². The van der Waals surface area contributed by atoms with E-state index >= 15 is 0 Å². The molecule has 4 heterocycles. The van der Waals surface area contributed by atoms with E-state index in [2.05, 4.69) is 27.2 Å². The molecule has 0 N–H and O–H groups in total. The van der Waals surface area contributed by atoms with Crippen LogP contribution in [0.3, 0.4) is 0 Å². The van der Waals surface area contributed by atoms with E-state index in [-0.39, 0.29) is 5.92 Å². The van der Waals surface area contributed by atoms with Gasteiger partial charge in [0.1, 0.15) is 11.3 Å². The molecule has 8 nitrogen and oxygen atoms in total. The molecular formula is C28H31N3O5. The fourth-order valence-electron chi connectivity index (χ4n) is 4.96. The van der Waals surface area contributed by atoms with E-state index in [1.54, 1.807) is 0 Å². The van der Waals surface area contributed by atoms with Crippen LogP contribution in [0.5, 0.6) is 17.2 Å². The zero-order valence-corrected chi connectivity index (χ0v) is 20.7. The predicted molar refractivity (Wildman–Crippen MR) is 135 cm³/mol. The quantitative estimate of drug-likeness (QED) is 0.279. The second-order valence-electron chi connectivity index (χ2n) is 9.81. The Labute approximate surface area is 210 Å². The number of benzene rings is 2. The fraction of sp³-hybridized carbons (Fsp3) is 0.429. The van der Waals surface area contributed by atoms with Crippen molar-refractivity contribution in [2.24, 2.45) is 0 Å². The smallest absolute Gasteiger partial charge is 0.283 e. The van der Waals surface area contributed by atoms with Gasteiger partial charge >= 0.3 is 0 Å². The van der Waals surface area contributed by atoms with E-state index in [1.165, 1.54) is 5.56 Å². The van der Waals surface area contributed by atoms with Gasteiger partial charge in [-0.2, -0.15) is 0 Å². The molecule has 36 heavy (non-hydrogen) atoms. The summed E-state index contributed by atoms with van der Waals surface area (Å²) in [7, 11) is 0. The monoisotopic (exact) mass is 489 g/mol. The zero-order valence-electron chi connectivity index (χ0n) is 20.7. The average Bonchev–Trinajstić information content (AvgIpc) is 3.65. The van der Waals surface area contributed by atoms with E-state index < -0.39 is 0 Å². The molecule has 0 spiro atoms. The molecule has 2 aliphatic heterocycles. The van der Waals surface area contributed by atoms with Crippen LogP contribution in [-0.2, 0) is 0 Å². The van der Waals surface area contributed by atoms with Crippen LogP contribution in [0.4, 0.5) is 0 Å². The molecule has 0 bridgehead atoms. The van der Waals surface area contributed by atoms with Crippen molar-refractivity contribution in [3.05, 3.63) is 53.9 Å². The highest BCUT2D eigenvalue weighted by Gasteiger charge is 2.23. The van der Waals surface area contributed by atoms with Crippen molar-refractivity contribution in [1.29, 1.82) is 0 Å². The zero-order chi connectivity index (χ0) is 24.5. The molecule has 0 saturated carbocycles. The highest BCUT2D eigenvalue weighted by molar-refractivity contribution is 5.87. The molecule has 0 amide bonds. The van der Waals surface area contributed by atoms with Crippen molar-refractivity contribution in [2.45, 2.75) is 44.9 Å². The third-order valence-electron chi connectivity index (χ3n) is 7.00. The summed E-state index contributed by atoms with van der Waals surface area (Å²) in [6.45, 7) is 8.24. The van der Waals surface area contributed by atoms with Crippen LogP contribution in [0.1, 0.15) is 56.4 Å². The molecule has 2 aromatic heterocycles. The highest BCUT2D eigenvalue weighted by Crippen LogP contribution is 2.37. The number of hydrogen-bond acceptors (Lipinski definition) is 8. The minimum Gasteiger partial charge on any atom is -0.493 e. The SMILES string of the molecule is CC(C)c1nnc(-c2cc3c(OCCCN4CCC(c5ccc6c(c5)OCO6)CC4)cccc3o2)o1. The Bertz CT molecular complexity index is 1340. The summed E-state index contributed by atoms with van der Waals surface area (Å²) >= 11 is 0. The number of ether oxygens (including phenoxy) is 3. The maximum atomic E-state index is 6.16. The molecule has 1 fully saturated rings. The Morgan fingerprint density at radius 1 is 1.00 bits per heavy atom. The Morgan fingerprint density at radius 3 is 2.69 bits per heavy atom. The van der Waals surface area contributed by atoms with Crippen LogP contribution in [0.15, 0.2) is 51.3 Å². The van der Waals surface area contributed by atoms with Crippen LogP contribution in [0, 0.1) is 0 Å². The summed E-state index contributed by atoms with van der Waals surface area (Å²) < 4.78 is 28.9. The van der Waals surface area contributed by atoms with Gasteiger partial charge in [0.25, 0.3) is 5.89 Å². The van der Waals surface area contributed by atoms with Crippen LogP contribution in [-0.4, -0.2) is 48.1 Å². The lowest BCUT2D eigenvalue weighted by atomic mass is 9.89. The van der Waals surface area contributed by atoms with Gasteiger partial charge in [0.05, 0.1) is 12.0 Å². The summed E-state index contributed by atoms with van der Waals surface area (Å²) in [5, 5.41) is 9.15. The first-order chi connectivity index (χ1) is 17.6. The lowest BCUT2D eigenvalue weighted by Gasteiger charge is -2.32. The third-order valence-corrected chi connectivity index (χ3v) is 7.00. The van der Waals surface area contributed by atoms with E-state index in [4.69, 9.17) is 23.0 Å². The Morgan fingerprint density at radius 2 is 1.86 bits per heavy atom. The first-order valence-corrected chi connectivity index (χ1v) is 12.7. The predicted octanol–water partition coefficient (Wildman–Crippen LogP) is 5.98. The van der Waals surface area contributed by atoms with Gasteiger partial charge in [-0.15, -0.1) is 10.2 Å². The van der Waals surface area contributed by atoms with Gasteiger partial charge in [0.2, 0.25) is 12.7 Å². The van der Waals surface area contributed by atoms with E-state index in [9.17, 15) is 0 Å². The number of likely N-dealkylation sites (tertiary alicyclic amines) is 1. The molecule has 1 saturated heterocycles. The normalized spacial score (nSPS) is 16.3. The van der Waals surface area contributed by atoms with E-state index in [0.29, 0.717) is 36.9 Å². The van der Waals surface area contributed by atoms with Crippen LogP contribution in [0.2, 0.25) is 0 Å². The molecular weight excluding hydrogens is 458 g/mol. The number of nitrogens with zero attached hydrogens (tertiary/aromatic N) is 3. The van der Waals surface area contributed by atoms with Gasteiger partial charge in [0.15, 0.2) is 17.3 Å². The summed E-state index contributed by atoms with van der Waals surface area (Å²) in [5.74, 6) is 4.85. The van der Waals surface area contributed by atoms with Gasteiger partial charge < -0.3 is 27.9 Å². The van der Waals surface area contributed by atoms with Gasteiger partial charge in [-0.3, -0.25) is 0 Å². The topological polar surface area (TPSA) is 83.0 Å². The molecule has 6 rings (SSSR count). The lowest BCUT2D eigenvalue weighted by Crippen LogP contribution is -2.34. The summed E-state index contributed by atoms with van der Waals surface area (Å²) in [4.78, 5) is 2.53. The number of hydrogen-bond donors (Lipinski definition) is 0. The van der Waals surface area contributed by atoms with Crippen LogP contribution < -0.4 is 14.2 Å².